The molecule has 0 aliphatic carbocycles. The van der Waals surface area contributed by atoms with Crippen LogP contribution < -0.4 is 14.8 Å². The fourth-order valence-corrected chi connectivity index (χ4v) is 5.33. The summed E-state index contributed by atoms with van der Waals surface area (Å²) in [5.74, 6) is 0.0848. The molecule has 0 saturated carbocycles. The van der Waals surface area contributed by atoms with E-state index in [2.05, 4.69) is 21.2 Å². The summed E-state index contributed by atoms with van der Waals surface area (Å²) in [5.41, 5.74) is 0.568. The van der Waals surface area contributed by atoms with Crippen LogP contribution in [0.4, 0.5) is 5.69 Å². The molecule has 1 saturated heterocycles. The molecule has 2 aromatic carbocycles. The molecule has 0 unspecified atom stereocenters. The zero-order valence-electron chi connectivity index (χ0n) is 16.1. The third kappa shape index (κ3) is 2.64. The van der Waals surface area contributed by atoms with E-state index in [0.717, 1.165) is 0 Å². The van der Waals surface area contributed by atoms with Gasteiger partial charge in [0.2, 0.25) is 0 Å². The predicted molar refractivity (Wildman–Crippen MR) is 110 cm³/mol. The van der Waals surface area contributed by atoms with Gasteiger partial charge in [-0.25, -0.2) is 0 Å². The first kappa shape index (κ1) is 19.7. The summed E-state index contributed by atoms with van der Waals surface area (Å²) >= 11 is 3.52. The van der Waals surface area contributed by atoms with Gasteiger partial charge in [-0.2, -0.15) is 0 Å². The lowest BCUT2D eigenvalue weighted by Crippen LogP contribution is -2.54. The van der Waals surface area contributed by atoms with Crippen LogP contribution in [0, 0.1) is 10.1 Å². The second kappa shape index (κ2) is 7.00. The maximum Gasteiger partial charge on any atom is 0.256 e. The summed E-state index contributed by atoms with van der Waals surface area (Å²) in [6.07, 6.45) is 0. The maximum absolute atomic E-state index is 13.2. The summed E-state index contributed by atoms with van der Waals surface area (Å²) in [7, 11) is 4.80. The Balaban J connectivity index is 1.91. The summed E-state index contributed by atoms with van der Waals surface area (Å²) in [5, 5.41) is 15.2. The van der Waals surface area contributed by atoms with Gasteiger partial charge in [-0.3, -0.25) is 19.8 Å². The Morgan fingerprint density at radius 2 is 1.90 bits per heavy atom. The number of ether oxygens (including phenoxy) is 2. The molecule has 2 aliphatic heterocycles. The zero-order valence-corrected chi connectivity index (χ0v) is 17.7. The summed E-state index contributed by atoms with van der Waals surface area (Å²) in [4.78, 5) is 27.0. The highest BCUT2D eigenvalue weighted by atomic mass is 79.9. The standard InChI is InChI=1S/C20H20BrN3O5/c1-23-10-12(11-8-16(28-2)17(29-3)9-14(11)21)18(24(26)27)20(23)13-6-4-5-7-15(13)22-19(20)25/h4-9,12,18H,10H2,1-3H3,(H,22,25)/t12-,18+,20+/m0/s1. The van der Waals surface area contributed by atoms with E-state index in [4.69, 9.17) is 9.47 Å². The van der Waals surface area contributed by atoms with Gasteiger partial charge in [0.15, 0.2) is 17.0 Å². The second-order valence-corrected chi connectivity index (χ2v) is 8.07. The van der Waals surface area contributed by atoms with Crippen molar-refractivity contribution in [2.24, 2.45) is 0 Å². The number of rotatable bonds is 4. The first-order valence-electron chi connectivity index (χ1n) is 9.03. The van der Waals surface area contributed by atoms with Crippen molar-refractivity contribution in [2.75, 3.05) is 33.1 Å². The molecule has 9 heteroatoms. The average molecular weight is 462 g/mol. The third-order valence-electron chi connectivity index (χ3n) is 5.94. The Bertz CT molecular complexity index is 1010. The number of nitrogens with one attached hydrogen (secondary N) is 1. The Kier molecular flexibility index (Phi) is 4.74. The van der Waals surface area contributed by atoms with Gasteiger partial charge in [-0.15, -0.1) is 0 Å². The van der Waals surface area contributed by atoms with E-state index < -0.39 is 17.5 Å². The fourth-order valence-electron chi connectivity index (χ4n) is 4.71. The van der Waals surface area contributed by atoms with E-state index in [1.807, 2.05) is 0 Å². The number of likely N-dealkylation sites (tertiary alicyclic amines) is 1. The smallest absolute Gasteiger partial charge is 0.256 e. The van der Waals surface area contributed by atoms with Gasteiger partial charge in [0.1, 0.15) is 0 Å². The van der Waals surface area contributed by atoms with Crippen molar-refractivity contribution in [2.45, 2.75) is 17.5 Å². The number of carbonyl (C=O) groups excluding carboxylic acids is 1. The summed E-state index contributed by atoms with van der Waals surface area (Å²) < 4.78 is 11.4. The number of benzene rings is 2. The SMILES string of the molecule is COc1cc(Br)c([C@@H]2CN(C)[C@@]3(C(=O)Nc4ccccc43)[C@@H]2[N+](=O)[O-])cc1OC. The van der Waals surface area contributed by atoms with Crippen LogP contribution in [0.25, 0.3) is 0 Å². The lowest BCUT2D eigenvalue weighted by molar-refractivity contribution is -0.534. The van der Waals surface area contributed by atoms with Crippen LogP contribution in [-0.2, 0) is 10.3 Å². The molecule has 3 atom stereocenters. The molecule has 152 valence electrons. The normalized spacial score (nSPS) is 25.7. The Morgan fingerprint density at radius 3 is 2.55 bits per heavy atom. The predicted octanol–water partition coefficient (Wildman–Crippen LogP) is 2.99. The number of amides is 1. The van der Waals surface area contributed by atoms with Crippen molar-refractivity contribution < 1.29 is 19.2 Å². The number of hydrogen-bond donors (Lipinski definition) is 1. The van der Waals surface area contributed by atoms with E-state index in [1.165, 1.54) is 14.2 Å². The zero-order chi connectivity index (χ0) is 20.9. The maximum atomic E-state index is 13.2. The number of carbonyl (C=O) groups is 1. The second-order valence-electron chi connectivity index (χ2n) is 7.21. The van der Waals surface area contributed by atoms with Crippen molar-refractivity contribution >= 4 is 27.5 Å². The minimum absolute atomic E-state index is 0.334. The molecule has 2 heterocycles. The van der Waals surface area contributed by atoms with Gasteiger partial charge in [-0.05, 0) is 30.8 Å². The number of likely N-dealkylation sites (N-methyl/N-ethyl adjacent to an activating group) is 1. The molecular formula is C20H20BrN3O5. The number of nitro groups is 1. The van der Waals surface area contributed by atoms with Gasteiger partial charge >= 0.3 is 0 Å². The monoisotopic (exact) mass is 461 g/mol. The molecule has 1 spiro atoms. The van der Waals surface area contributed by atoms with E-state index in [0.29, 0.717) is 39.3 Å². The minimum atomic E-state index is -1.38. The molecule has 1 amide bonds. The molecule has 4 rings (SSSR count). The Labute approximate surface area is 176 Å². The van der Waals surface area contributed by atoms with Crippen molar-refractivity contribution in [1.82, 2.24) is 4.90 Å². The van der Waals surface area contributed by atoms with Gasteiger partial charge in [-0.1, -0.05) is 34.1 Å². The van der Waals surface area contributed by atoms with Crippen molar-refractivity contribution in [3.63, 3.8) is 0 Å². The van der Waals surface area contributed by atoms with Gasteiger partial charge in [0.25, 0.3) is 11.9 Å². The topological polar surface area (TPSA) is 93.9 Å². The van der Waals surface area contributed by atoms with Gasteiger partial charge < -0.3 is 14.8 Å². The van der Waals surface area contributed by atoms with E-state index in [9.17, 15) is 14.9 Å². The molecule has 8 nitrogen and oxygen atoms in total. The lowest BCUT2D eigenvalue weighted by Gasteiger charge is -2.30. The number of halogens is 1. The highest BCUT2D eigenvalue weighted by Crippen LogP contribution is 2.53. The third-order valence-corrected chi connectivity index (χ3v) is 6.63. The summed E-state index contributed by atoms with van der Waals surface area (Å²) in [6, 6.07) is 9.46. The lowest BCUT2D eigenvalue weighted by atomic mass is 9.79. The van der Waals surface area contributed by atoms with Crippen LogP contribution in [-0.4, -0.2) is 49.6 Å². The van der Waals surface area contributed by atoms with Crippen LogP contribution >= 0.6 is 15.9 Å². The summed E-state index contributed by atoms with van der Waals surface area (Å²) in [6.45, 7) is 0.335. The molecule has 0 bridgehead atoms. The van der Waals surface area contributed by atoms with Crippen LogP contribution in [0.1, 0.15) is 17.0 Å². The minimum Gasteiger partial charge on any atom is -0.493 e. The van der Waals surface area contributed by atoms with Crippen molar-refractivity contribution in [3.05, 3.63) is 62.1 Å². The number of para-hydroxylation sites is 1. The van der Waals surface area contributed by atoms with Gasteiger partial charge in [0.05, 0.1) is 20.1 Å². The fraction of sp³-hybridized carbons (Fsp3) is 0.350. The van der Waals surface area contributed by atoms with E-state index >= 15 is 0 Å². The molecular weight excluding hydrogens is 442 g/mol. The first-order valence-corrected chi connectivity index (χ1v) is 9.82. The molecule has 1 N–H and O–H groups in total. The van der Waals surface area contributed by atoms with Crippen LogP contribution in [0.5, 0.6) is 11.5 Å². The van der Waals surface area contributed by atoms with Gasteiger partial charge in [0, 0.05) is 27.2 Å². The molecule has 0 aromatic heterocycles. The highest BCUT2D eigenvalue weighted by molar-refractivity contribution is 9.10. The number of methoxy groups -OCH3 is 2. The number of fused-ring (bicyclic) bond motifs is 2. The highest BCUT2D eigenvalue weighted by Gasteiger charge is 2.68. The quantitative estimate of drug-likeness (QED) is 0.555. The molecule has 1 fully saturated rings. The van der Waals surface area contributed by atoms with Crippen LogP contribution in [0.3, 0.4) is 0 Å². The number of hydrogen-bond acceptors (Lipinski definition) is 6. The molecule has 29 heavy (non-hydrogen) atoms. The molecule has 2 aliphatic rings. The van der Waals surface area contributed by atoms with Crippen molar-refractivity contribution in [3.8, 4) is 11.5 Å². The van der Waals surface area contributed by atoms with Crippen LogP contribution in [0.2, 0.25) is 0 Å². The Hall–Kier alpha value is -2.65. The van der Waals surface area contributed by atoms with E-state index in [1.54, 1.807) is 48.3 Å². The Morgan fingerprint density at radius 1 is 1.24 bits per heavy atom. The molecule has 2 aromatic rings. The van der Waals surface area contributed by atoms with E-state index in [-0.39, 0.29) is 10.8 Å². The van der Waals surface area contributed by atoms with Crippen LogP contribution in [0.15, 0.2) is 40.9 Å². The first-order chi connectivity index (χ1) is 13.9. The number of anilines is 1. The number of nitrogens with zero attached hydrogens (tertiary/aromatic N) is 2. The molecule has 0 radical (unpaired) electrons. The van der Waals surface area contributed by atoms with Crippen molar-refractivity contribution in [1.29, 1.82) is 0 Å². The average Bonchev–Trinajstić information content (AvgIpc) is 3.17. The largest absolute Gasteiger partial charge is 0.493 e.